The predicted octanol–water partition coefficient (Wildman–Crippen LogP) is 1.91. The molecule has 6 N–H and O–H groups in total. The van der Waals surface area contributed by atoms with Gasteiger partial charge in [0.2, 0.25) is 5.91 Å². The van der Waals surface area contributed by atoms with E-state index in [1.807, 2.05) is 58.0 Å². The molecule has 0 aliphatic rings. The summed E-state index contributed by atoms with van der Waals surface area (Å²) in [6, 6.07) is 12.4. The molecule has 0 spiro atoms. The highest BCUT2D eigenvalue weighted by molar-refractivity contribution is 5.88. The summed E-state index contributed by atoms with van der Waals surface area (Å²) in [4.78, 5) is 54.6. The monoisotopic (exact) mass is 641 g/mol. The van der Waals surface area contributed by atoms with Crippen LogP contribution in [0.25, 0.3) is 0 Å². The third-order valence-corrected chi connectivity index (χ3v) is 7.34. The summed E-state index contributed by atoms with van der Waals surface area (Å²) in [5.41, 5.74) is 4.45. The molecule has 0 bridgehead atoms. The number of nitrogens with one attached hydrogen (secondary N) is 4. The van der Waals surface area contributed by atoms with Crippen LogP contribution >= 0.6 is 0 Å². The second-order valence-electron chi connectivity index (χ2n) is 12.5. The minimum absolute atomic E-state index is 0.0809. The number of hydrogen-bond acceptors (Lipinski definition) is 7. The number of nitrogens with zero attached hydrogens (tertiary/aromatic N) is 3. The summed E-state index contributed by atoms with van der Waals surface area (Å²) in [5, 5.41) is 31.4. The lowest BCUT2D eigenvalue weighted by Gasteiger charge is -2.33. The van der Waals surface area contributed by atoms with Gasteiger partial charge in [0.25, 0.3) is 5.91 Å². The zero-order valence-electron chi connectivity index (χ0n) is 28.2. The number of carbonyl (C=O) groups is 4. The van der Waals surface area contributed by atoms with Gasteiger partial charge in [0, 0.05) is 41.3 Å². The van der Waals surface area contributed by atoms with Crippen molar-refractivity contribution in [2.75, 3.05) is 34.7 Å². The standard InChI is InChI=1S/C33H51N7O6/c1-21(2)28(35-32(45)38(5)6)30(43)34-26(18-23-12-10-9-11-13-23)27(42)20-40(19-24-14-16-25(41)17-15-24)37-31(44)29(22(3)4)36-33(46)39(7)8/h9-17,21-22,26-29,41-42H,18-20H2,1-8H3,(H,34,43)(H,35,45)(H,36,46)(H,37,44)/t26?,27?,28-,29-/m0/s1. The van der Waals surface area contributed by atoms with E-state index in [0.717, 1.165) is 11.1 Å². The molecule has 13 nitrogen and oxygen atoms in total. The van der Waals surface area contributed by atoms with Gasteiger partial charge in [-0.1, -0.05) is 70.2 Å². The number of phenolic OH excluding ortho intramolecular Hbond substituents is 1. The molecule has 2 unspecified atom stereocenters. The molecule has 2 aromatic rings. The van der Waals surface area contributed by atoms with Gasteiger partial charge in [0.05, 0.1) is 12.1 Å². The Morgan fingerprint density at radius 3 is 1.67 bits per heavy atom. The first-order chi connectivity index (χ1) is 21.6. The van der Waals surface area contributed by atoms with Gasteiger partial charge in [-0.25, -0.2) is 14.6 Å². The molecule has 254 valence electrons. The first kappa shape index (κ1) is 37.8. The van der Waals surface area contributed by atoms with Crippen molar-refractivity contribution in [1.82, 2.24) is 36.2 Å². The molecular weight excluding hydrogens is 590 g/mol. The molecule has 0 fully saturated rings. The highest BCUT2D eigenvalue weighted by Gasteiger charge is 2.32. The largest absolute Gasteiger partial charge is 0.508 e. The second-order valence-corrected chi connectivity index (χ2v) is 12.5. The number of amides is 6. The smallest absolute Gasteiger partial charge is 0.317 e. The highest BCUT2D eigenvalue weighted by Crippen LogP contribution is 2.14. The number of phenols is 1. The third kappa shape index (κ3) is 12.2. The Bertz CT molecular complexity index is 1270. The fourth-order valence-corrected chi connectivity index (χ4v) is 4.57. The average molecular weight is 642 g/mol. The van der Waals surface area contributed by atoms with Crippen LogP contribution in [0.5, 0.6) is 5.75 Å². The van der Waals surface area contributed by atoms with Crippen molar-refractivity contribution in [2.45, 2.75) is 64.9 Å². The van der Waals surface area contributed by atoms with Gasteiger partial charge < -0.3 is 36.0 Å². The summed E-state index contributed by atoms with van der Waals surface area (Å²) in [6.45, 7) is 7.30. The minimum Gasteiger partial charge on any atom is -0.508 e. The van der Waals surface area contributed by atoms with Gasteiger partial charge in [-0.3, -0.25) is 15.0 Å². The van der Waals surface area contributed by atoms with Crippen LogP contribution in [0.2, 0.25) is 0 Å². The molecule has 0 saturated heterocycles. The molecule has 0 radical (unpaired) electrons. The molecular formula is C33H51N7O6. The van der Waals surface area contributed by atoms with E-state index in [9.17, 15) is 29.4 Å². The van der Waals surface area contributed by atoms with E-state index in [-0.39, 0.29) is 37.1 Å². The quantitative estimate of drug-likeness (QED) is 0.162. The molecule has 46 heavy (non-hydrogen) atoms. The number of aromatic hydroxyl groups is 1. The summed E-state index contributed by atoms with van der Waals surface area (Å²) < 4.78 is 0. The average Bonchev–Trinajstić information content (AvgIpc) is 2.98. The number of hydrazine groups is 1. The van der Waals surface area contributed by atoms with Gasteiger partial charge in [-0.05, 0) is 41.5 Å². The van der Waals surface area contributed by atoms with Gasteiger partial charge in [0.1, 0.15) is 17.8 Å². The number of aliphatic hydroxyl groups excluding tert-OH is 1. The number of rotatable bonds is 15. The Labute approximate surface area is 272 Å². The molecule has 0 aromatic heterocycles. The van der Waals surface area contributed by atoms with E-state index >= 15 is 0 Å². The number of urea groups is 2. The summed E-state index contributed by atoms with van der Waals surface area (Å²) >= 11 is 0. The van der Waals surface area contributed by atoms with Gasteiger partial charge >= 0.3 is 12.1 Å². The lowest BCUT2D eigenvalue weighted by atomic mass is 9.98. The Kier molecular flexibility index (Phi) is 14.8. The third-order valence-electron chi connectivity index (χ3n) is 7.34. The van der Waals surface area contributed by atoms with Gasteiger partial charge in [-0.2, -0.15) is 0 Å². The maximum absolute atomic E-state index is 13.5. The van der Waals surface area contributed by atoms with E-state index in [4.69, 9.17) is 0 Å². The Hall–Kier alpha value is -4.36. The lowest BCUT2D eigenvalue weighted by Crippen LogP contribution is -2.59. The Balaban J connectivity index is 2.39. The Morgan fingerprint density at radius 1 is 0.696 bits per heavy atom. The van der Waals surface area contributed by atoms with Crippen LogP contribution in [-0.4, -0.2) is 108 Å². The first-order valence-corrected chi connectivity index (χ1v) is 15.4. The van der Waals surface area contributed by atoms with E-state index < -0.39 is 48.1 Å². The molecule has 2 rings (SSSR count). The lowest BCUT2D eigenvalue weighted by molar-refractivity contribution is -0.131. The van der Waals surface area contributed by atoms with Crippen LogP contribution in [0.1, 0.15) is 38.8 Å². The van der Waals surface area contributed by atoms with Crippen molar-refractivity contribution in [3.8, 4) is 5.75 Å². The van der Waals surface area contributed by atoms with Crippen LogP contribution in [0.3, 0.4) is 0 Å². The molecule has 2 aromatic carbocycles. The van der Waals surface area contributed by atoms with E-state index in [1.54, 1.807) is 40.3 Å². The SMILES string of the molecule is CC(C)[C@H](NC(=O)N(C)C)C(=O)NC(Cc1ccccc1)C(O)CN(Cc1ccc(O)cc1)NC(=O)[C@@H](NC(=O)N(C)C)C(C)C. The summed E-state index contributed by atoms with van der Waals surface area (Å²) in [7, 11) is 6.32. The van der Waals surface area contributed by atoms with Crippen LogP contribution in [0.4, 0.5) is 9.59 Å². The molecule has 6 amide bonds. The fraction of sp³-hybridized carbons (Fsp3) is 0.515. The number of carbonyl (C=O) groups excluding carboxylic acids is 4. The zero-order valence-corrected chi connectivity index (χ0v) is 28.2. The Morgan fingerprint density at radius 2 is 1.20 bits per heavy atom. The highest BCUT2D eigenvalue weighted by atomic mass is 16.3. The van der Waals surface area contributed by atoms with E-state index in [0.29, 0.717) is 0 Å². The summed E-state index contributed by atoms with van der Waals surface area (Å²) in [6.07, 6.45) is -0.915. The van der Waals surface area contributed by atoms with Crippen LogP contribution in [0.15, 0.2) is 54.6 Å². The molecule has 0 heterocycles. The van der Waals surface area contributed by atoms with Crippen molar-refractivity contribution in [2.24, 2.45) is 11.8 Å². The molecule has 0 saturated carbocycles. The normalized spacial score (nSPS) is 13.8. The molecule has 13 heteroatoms. The zero-order chi connectivity index (χ0) is 34.6. The maximum Gasteiger partial charge on any atom is 0.317 e. The fourth-order valence-electron chi connectivity index (χ4n) is 4.57. The second kappa shape index (κ2) is 18.0. The van der Waals surface area contributed by atoms with Crippen molar-refractivity contribution in [1.29, 1.82) is 0 Å². The molecule has 4 atom stereocenters. The minimum atomic E-state index is -1.19. The molecule has 0 aliphatic heterocycles. The predicted molar refractivity (Wildman–Crippen MR) is 176 cm³/mol. The van der Waals surface area contributed by atoms with Crippen LogP contribution < -0.4 is 21.4 Å². The number of benzene rings is 2. The van der Waals surface area contributed by atoms with Crippen molar-refractivity contribution >= 4 is 23.9 Å². The van der Waals surface area contributed by atoms with Crippen molar-refractivity contribution in [3.63, 3.8) is 0 Å². The van der Waals surface area contributed by atoms with E-state index in [2.05, 4.69) is 21.4 Å². The van der Waals surface area contributed by atoms with Crippen molar-refractivity contribution < 1.29 is 29.4 Å². The first-order valence-electron chi connectivity index (χ1n) is 15.4. The topological polar surface area (TPSA) is 167 Å². The number of aliphatic hydroxyl groups is 1. The van der Waals surface area contributed by atoms with Gasteiger partial charge in [-0.15, -0.1) is 0 Å². The number of hydrogen-bond donors (Lipinski definition) is 6. The molecule has 0 aliphatic carbocycles. The van der Waals surface area contributed by atoms with Crippen LogP contribution in [-0.2, 0) is 22.6 Å². The maximum atomic E-state index is 13.5. The van der Waals surface area contributed by atoms with Gasteiger partial charge in [0.15, 0.2) is 0 Å². The van der Waals surface area contributed by atoms with Crippen LogP contribution in [0, 0.1) is 11.8 Å². The van der Waals surface area contributed by atoms with E-state index in [1.165, 1.54) is 26.9 Å². The summed E-state index contributed by atoms with van der Waals surface area (Å²) in [5.74, 6) is -1.34. The van der Waals surface area contributed by atoms with Crippen molar-refractivity contribution in [3.05, 3.63) is 65.7 Å².